The molecule has 3 rings (SSSR count). The first-order chi connectivity index (χ1) is 9.24. The highest BCUT2D eigenvalue weighted by atomic mass is 32.1. The van der Waals surface area contributed by atoms with Crippen LogP contribution in [0.5, 0.6) is 0 Å². The fourth-order valence-electron chi connectivity index (χ4n) is 2.04. The first-order valence-electron chi connectivity index (χ1n) is 6.37. The number of nitrogens with two attached hydrogens (primary N) is 1. The first-order valence-corrected chi connectivity index (χ1v) is 7.24. The van der Waals surface area contributed by atoms with E-state index in [1.165, 1.54) is 11.3 Å². The lowest BCUT2D eigenvalue weighted by atomic mass is 10.0. The van der Waals surface area contributed by atoms with Gasteiger partial charge in [-0.15, -0.1) is 11.3 Å². The van der Waals surface area contributed by atoms with Crippen molar-refractivity contribution in [3.8, 4) is 11.6 Å². The zero-order valence-electron chi connectivity index (χ0n) is 10.7. The lowest BCUT2D eigenvalue weighted by molar-refractivity contribution is 0.0773. The monoisotopic (exact) mass is 280 g/mol. The van der Waals surface area contributed by atoms with Crippen molar-refractivity contribution >= 4 is 11.3 Å². The van der Waals surface area contributed by atoms with Crippen molar-refractivity contribution < 1.29 is 9.26 Å². The van der Waals surface area contributed by atoms with Gasteiger partial charge in [0.15, 0.2) is 5.82 Å². The molecule has 1 aliphatic rings. The van der Waals surface area contributed by atoms with Crippen LogP contribution in [-0.4, -0.2) is 28.3 Å². The van der Waals surface area contributed by atoms with Gasteiger partial charge in [0.25, 0.3) is 5.89 Å². The van der Waals surface area contributed by atoms with Crippen LogP contribution in [0.2, 0.25) is 0 Å². The number of hydrogen-bond donors (Lipinski definition) is 1. The van der Waals surface area contributed by atoms with Crippen LogP contribution < -0.4 is 5.73 Å². The summed E-state index contributed by atoms with van der Waals surface area (Å²) in [5, 5.41) is 6.80. The maximum absolute atomic E-state index is 5.79. The Balaban J connectivity index is 1.79. The van der Waals surface area contributed by atoms with Crippen LogP contribution in [0.3, 0.4) is 0 Å². The smallest absolute Gasteiger partial charge is 0.277 e. The molecule has 2 aromatic heterocycles. The van der Waals surface area contributed by atoms with Crippen LogP contribution in [0.15, 0.2) is 9.90 Å². The van der Waals surface area contributed by atoms with Crippen molar-refractivity contribution in [1.29, 1.82) is 0 Å². The third-order valence-corrected chi connectivity index (χ3v) is 4.14. The number of hydrogen-bond acceptors (Lipinski definition) is 7. The number of thiazole rings is 1. The molecule has 102 valence electrons. The zero-order valence-corrected chi connectivity index (χ0v) is 11.5. The van der Waals surface area contributed by atoms with Crippen LogP contribution in [0.25, 0.3) is 11.6 Å². The molecule has 0 bridgehead atoms. The van der Waals surface area contributed by atoms with E-state index in [0.717, 1.165) is 24.5 Å². The van der Waals surface area contributed by atoms with E-state index in [0.29, 0.717) is 24.0 Å². The summed E-state index contributed by atoms with van der Waals surface area (Å²) in [6, 6.07) is -0.0760. The van der Waals surface area contributed by atoms with Gasteiger partial charge in [0.2, 0.25) is 0 Å². The minimum Gasteiger partial charge on any atom is -0.381 e. The van der Waals surface area contributed by atoms with Crippen LogP contribution in [0.4, 0.5) is 0 Å². The number of rotatable bonds is 3. The van der Waals surface area contributed by atoms with Crippen molar-refractivity contribution in [3.63, 3.8) is 0 Å². The van der Waals surface area contributed by atoms with Crippen molar-refractivity contribution in [2.45, 2.75) is 31.7 Å². The standard InChI is InChI=1S/C12H16N4O2S/c1-7(13)12-14-9(6-19-12)11-15-10(16-18-11)8-3-2-4-17-5-8/h6-8H,2-5,13H2,1H3. The van der Waals surface area contributed by atoms with E-state index < -0.39 is 0 Å². The summed E-state index contributed by atoms with van der Waals surface area (Å²) in [5.41, 5.74) is 6.49. The van der Waals surface area contributed by atoms with Crippen LogP contribution in [0.1, 0.15) is 42.6 Å². The van der Waals surface area contributed by atoms with E-state index in [2.05, 4.69) is 15.1 Å². The molecule has 1 saturated heterocycles. The predicted molar refractivity (Wildman–Crippen MR) is 70.8 cm³/mol. The largest absolute Gasteiger partial charge is 0.381 e. The summed E-state index contributed by atoms with van der Waals surface area (Å²) in [6.45, 7) is 3.40. The molecule has 2 aromatic rings. The van der Waals surface area contributed by atoms with Crippen LogP contribution in [0, 0.1) is 0 Å². The van der Waals surface area contributed by atoms with Gasteiger partial charge in [0.1, 0.15) is 10.7 Å². The second kappa shape index (κ2) is 5.36. The molecule has 2 atom stereocenters. The molecule has 2 unspecified atom stereocenters. The number of ether oxygens (including phenoxy) is 1. The van der Waals surface area contributed by atoms with E-state index in [4.69, 9.17) is 15.0 Å². The first kappa shape index (κ1) is 12.7. The molecule has 6 nitrogen and oxygen atoms in total. The molecule has 0 amide bonds. The quantitative estimate of drug-likeness (QED) is 0.926. The Hall–Kier alpha value is -1.31. The average Bonchev–Trinajstić information content (AvgIpc) is 3.09. The molecule has 7 heteroatoms. The summed E-state index contributed by atoms with van der Waals surface area (Å²) in [4.78, 5) is 8.83. The molecule has 2 N–H and O–H groups in total. The fraction of sp³-hybridized carbons (Fsp3) is 0.583. The predicted octanol–water partition coefficient (Wildman–Crippen LogP) is 2.11. The third kappa shape index (κ3) is 2.68. The Labute approximate surface area is 115 Å². The average molecular weight is 280 g/mol. The second-order valence-corrected chi connectivity index (χ2v) is 5.62. The van der Waals surface area contributed by atoms with Crippen molar-refractivity contribution in [2.24, 2.45) is 5.73 Å². The highest BCUT2D eigenvalue weighted by Crippen LogP contribution is 2.27. The molecular formula is C12H16N4O2S. The Bertz CT molecular complexity index is 545. The molecule has 19 heavy (non-hydrogen) atoms. The van der Waals surface area contributed by atoms with Gasteiger partial charge in [0.05, 0.1) is 12.6 Å². The Kier molecular flexibility index (Phi) is 3.58. The SMILES string of the molecule is CC(N)c1nc(-c2nc(C3CCCOC3)no2)cs1. The van der Waals surface area contributed by atoms with Gasteiger partial charge in [-0.25, -0.2) is 4.98 Å². The van der Waals surface area contributed by atoms with E-state index >= 15 is 0 Å². The molecule has 3 heterocycles. The topological polar surface area (TPSA) is 87.1 Å². The van der Waals surface area contributed by atoms with Gasteiger partial charge in [-0.2, -0.15) is 4.98 Å². The van der Waals surface area contributed by atoms with Crippen LogP contribution in [-0.2, 0) is 4.74 Å². The van der Waals surface area contributed by atoms with E-state index in [-0.39, 0.29) is 12.0 Å². The summed E-state index contributed by atoms with van der Waals surface area (Å²) in [5.74, 6) is 1.41. The van der Waals surface area contributed by atoms with Gasteiger partial charge in [-0.3, -0.25) is 0 Å². The lowest BCUT2D eigenvalue weighted by Gasteiger charge is -2.18. The maximum Gasteiger partial charge on any atom is 0.277 e. The van der Waals surface area contributed by atoms with Gasteiger partial charge in [0, 0.05) is 17.9 Å². The van der Waals surface area contributed by atoms with Gasteiger partial charge in [-0.05, 0) is 19.8 Å². The molecule has 0 spiro atoms. The van der Waals surface area contributed by atoms with E-state index in [1.54, 1.807) is 0 Å². The van der Waals surface area contributed by atoms with Gasteiger partial charge >= 0.3 is 0 Å². The van der Waals surface area contributed by atoms with Crippen molar-refractivity contribution in [2.75, 3.05) is 13.2 Å². The second-order valence-electron chi connectivity index (χ2n) is 4.73. The highest BCUT2D eigenvalue weighted by Gasteiger charge is 2.22. The molecule has 1 aliphatic heterocycles. The summed E-state index contributed by atoms with van der Waals surface area (Å²) >= 11 is 1.51. The Morgan fingerprint density at radius 3 is 3.05 bits per heavy atom. The number of nitrogens with zero attached hydrogens (tertiary/aromatic N) is 3. The summed E-state index contributed by atoms with van der Waals surface area (Å²) in [7, 11) is 0. The van der Waals surface area contributed by atoms with Crippen molar-refractivity contribution in [3.05, 3.63) is 16.2 Å². The maximum atomic E-state index is 5.79. The Morgan fingerprint density at radius 1 is 1.47 bits per heavy atom. The fourth-order valence-corrected chi connectivity index (χ4v) is 2.80. The van der Waals surface area contributed by atoms with E-state index in [9.17, 15) is 0 Å². The molecule has 1 fully saturated rings. The molecular weight excluding hydrogens is 264 g/mol. The molecule has 0 aliphatic carbocycles. The number of aromatic nitrogens is 3. The Morgan fingerprint density at radius 2 is 2.37 bits per heavy atom. The van der Waals surface area contributed by atoms with Gasteiger partial charge < -0.3 is 15.0 Å². The minimum absolute atomic E-state index is 0.0760. The lowest BCUT2D eigenvalue weighted by Crippen LogP contribution is -2.16. The molecule has 0 aromatic carbocycles. The van der Waals surface area contributed by atoms with E-state index in [1.807, 2.05) is 12.3 Å². The molecule has 0 saturated carbocycles. The minimum atomic E-state index is -0.0760. The summed E-state index contributed by atoms with van der Waals surface area (Å²) < 4.78 is 10.7. The highest BCUT2D eigenvalue weighted by molar-refractivity contribution is 7.10. The zero-order chi connectivity index (χ0) is 13.2. The molecule has 0 radical (unpaired) electrons. The summed E-state index contributed by atoms with van der Waals surface area (Å²) in [6.07, 6.45) is 2.08. The van der Waals surface area contributed by atoms with Gasteiger partial charge in [-0.1, -0.05) is 5.16 Å². The normalized spacial score (nSPS) is 21.5. The van der Waals surface area contributed by atoms with Crippen LogP contribution >= 0.6 is 11.3 Å². The van der Waals surface area contributed by atoms with Crippen molar-refractivity contribution in [1.82, 2.24) is 15.1 Å². The third-order valence-electron chi connectivity index (χ3n) is 3.10.